The van der Waals surface area contributed by atoms with Crippen LogP contribution in [0.25, 0.3) is 0 Å². The average Bonchev–Trinajstić information content (AvgIpc) is 1.98. The maximum atomic E-state index is 9.99. The SMILES string of the molecule is CC(N)=O.NC(CCC(=O)O)C(=O)O. The standard InChI is InChI=1S/C5H9NO4.C2H5NO/c6-3(5(9)10)1-2-4(7)8;1-2(3)4/h3H,1-2,6H2,(H,7,8)(H,9,10);1H3,(H2,3,4). The third-order valence-electron chi connectivity index (χ3n) is 0.986. The van der Waals surface area contributed by atoms with Gasteiger partial charge in [-0.3, -0.25) is 14.4 Å². The molecule has 0 aromatic rings. The van der Waals surface area contributed by atoms with Crippen molar-refractivity contribution in [1.29, 1.82) is 0 Å². The van der Waals surface area contributed by atoms with Gasteiger partial charge in [-0.05, 0) is 6.42 Å². The van der Waals surface area contributed by atoms with E-state index in [1.54, 1.807) is 0 Å². The van der Waals surface area contributed by atoms with Crippen LogP contribution >= 0.6 is 0 Å². The molecule has 0 heterocycles. The van der Waals surface area contributed by atoms with Crippen molar-refractivity contribution in [3.8, 4) is 0 Å². The molecule has 82 valence electrons. The van der Waals surface area contributed by atoms with Gasteiger partial charge in [0.2, 0.25) is 5.91 Å². The quantitative estimate of drug-likeness (QED) is 0.452. The lowest BCUT2D eigenvalue weighted by Gasteiger charge is -2.01. The molecule has 0 radical (unpaired) electrons. The summed E-state index contributed by atoms with van der Waals surface area (Å²) in [5, 5.41) is 16.3. The summed E-state index contributed by atoms with van der Waals surface area (Å²) in [4.78, 5) is 29.1. The maximum Gasteiger partial charge on any atom is 0.320 e. The first-order chi connectivity index (χ1) is 6.27. The first kappa shape index (κ1) is 14.9. The lowest BCUT2D eigenvalue weighted by Crippen LogP contribution is -2.30. The number of carbonyl (C=O) groups is 3. The molecule has 7 heteroatoms. The highest BCUT2D eigenvalue weighted by Crippen LogP contribution is 1.93. The molecule has 0 aromatic carbocycles. The predicted octanol–water partition coefficient (Wildman–Crippen LogP) is -1.25. The van der Waals surface area contributed by atoms with Crippen molar-refractivity contribution >= 4 is 17.8 Å². The summed E-state index contributed by atoms with van der Waals surface area (Å²) in [6, 6.07) is -1.06. The van der Waals surface area contributed by atoms with Gasteiger partial charge in [0.05, 0.1) is 0 Å². The number of primary amides is 1. The Morgan fingerprint density at radius 1 is 1.29 bits per heavy atom. The lowest BCUT2D eigenvalue weighted by atomic mass is 10.2. The molecule has 0 aromatic heterocycles. The van der Waals surface area contributed by atoms with Gasteiger partial charge in [0.15, 0.2) is 0 Å². The van der Waals surface area contributed by atoms with E-state index in [9.17, 15) is 14.4 Å². The average molecular weight is 206 g/mol. The molecule has 1 atom stereocenters. The predicted molar refractivity (Wildman–Crippen MR) is 47.3 cm³/mol. The summed E-state index contributed by atoms with van der Waals surface area (Å²) >= 11 is 0. The van der Waals surface area contributed by atoms with Crippen molar-refractivity contribution < 1.29 is 24.6 Å². The van der Waals surface area contributed by atoms with Crippen LogP contribution in [0, 0.1) is 0 Å². The smallest absolute Gasteiger partial charge is 0.320 e. The normalized spacial score (nSPS) is 10.7. The van der Waals surface area contributed by atoms with E-state index in [-0.39, 0.29) is 18.7 Å². The van der Waals surface area contributed by atoms with Crippen LogP contribution in [0.1, 0.15) is 19.8 Å². The summed E-state index contributed by atoms with van der Waals surface area (Å²) in [6.07, 6.45) is -0.224. The van der Waals surface area contributed by atoms with E-state index in [2.05, 4.69) is 5.73 Å². The largest absolute Gasteiger partial charge is 0.481 e. The minimum atomic E-state index is -1.17. The van der Waals surface area contributed by atoms with Crippen LogP contribution in [0.5, 0.6) is 0 Å². The molecule has 1 amide bonds. The Morgan fingerprint density at radius 3 is 1.86 bits per heavy atom. The molecule has 7 nitrogen and oxygen atoms in total. The molecular formula is C7H14N2O5. The monoisotopic (exact) mass is 206 g/mol. The van der Waals surface area contributed by atoms with Crippen LogP contribution in [-0.4, -0.2) is 34.1 Å². The Bertz CT molecular complexity index is 212. The summed E-state index contributed by atoms with van der Waals surface area (Å²) in [7, 11) is 0. The molecule has 0 aliphatic rings. The molecule has 0 fully saturated rings. The van der Waals surface area contributed by atoms with E-state index in [0.717, 1.165) is 0 Å². The Morgan fingerprint density at radius 2 is 1.64 bits per heavy atom. The highest BCUT2D eigenvalue weighted by atomic mass is 16.4. The number of hydrogen-bond donors (Lipinski definition) is 4. The van der Waals surface area contributed by atoms with Gasteiger partial charge in [-0.2, -0.15) is 0 Å². The first-order valence-corrected chi connectivity index (χ1v) is 3.73. The van der Waals surface area contributed by atoms with Crippen LogP contribution in [0.15, 0.2) is 0 Å². The molecule has 0 bridgehead atoms. The molecule has 0 saturated carbocycles. The minimum Gasteiger partial charge on any atom is -0.481 e. The van der Waals surface area contributed by atoms with Crippen molar-refractivity contribution in [2.75, 3.05) is 0 Å². The second kappa shape index (κ2) is 7.99. The minimum absolute atomic E-state index is 0.0231. The summed E-state index contributed by atoms with van der Waals surface area (Å²) in [5.74, 6) is -2.53. The zero-order chi connectivity index (χ0) is 11.7. The van der Waals surface area contributed by atoms with Gasteiger partial charge < -0.3 is 21.7 Å². The number of amides is 1. The first-order valence-electron chi connectivity index (χ1n) is 3.73. The van der Waals surface area contributed by atoms with Crippen molar-refractivity contribution in [1.82, 2.24) is 0 Å². The zero-order valence-corrected chi connectivity index (χ0v) is 7.77. The van der Waals surface area contributed by atoms with Gasteiger partial charge >= 0.3 is 11.9 Å². The second-order valence-electron chi connectivity index (χ2n) is 2.49. The van der Waals surface area contributed by atoms with Crippen molar-refractivity contribution in [3.63, 3.8) is 0 Å². The van der Waals surface area contributed by atoms with Crippen molar-refractivity contribution in [2.24, 2.45) is 11.5 Å². The van der Waals surface area contributed by atoms with E-state index in [1.807, 2.05) is 0 Å². The fraction of sp³-hybridized carbons (Fsp3) is 0.571. The molecule has 0 aliphatic carbocycles. The van der Waals surface area contributed by atoms with Crippen molar-refractivity contribution in [3.05, 3.63) is 0 Å². The van der Waals surface area contributed by atoms with Gasteiger partial charge in [0.25, 0.3) is 0 Å². The van der Waals surface area contributed by atoms with E-state index in [0.29, 0.717) is 0 Å². The van der Waals surface area contributed by atoms with Crippen LogP contribution in [0.3, 0.4) is 0 Å². The van der Waals surface area contributed by atoms with Gasteiger partial charge in [-0.1, -0.05) is 0 Å². The van der Waals surface area contributed by atoms with E-state index in [1.165, 1.54) is 6.92 Å². The Balaban J connectivity index is 0. The van der Waals surface area contributed by atoms with Crippen molar-refractivity contribution in [2.45, 2.75) is 25.8 Å². The second-order valence-corrected chi connectivity index (χ2v) is 2.49. The third kappa shape index (κ3) is 16.8. The number of carboxylic acid groups (broad SMARTS) is 2. The highest BCUT2D eigenvalue weighted by molar-refractivity contribution is 5.74. The Hall–Kier alpha value is -1.63. The molecule has 14 heavy (non-hydrogen) atoms. The van der Waals surface area contributed by atoms with Crippen LogP contribution in [-0.2, 0) is 14.4 Å². The molecule has 6 N–H and O–H groups in total. The zero-order valence-electron chi connectivity index (χ0n) is 7.77. The van der Waals surface area contributed by atoms with E-state index in [4.69, 9.17) is 15.9 Å². The lowest BCUT2D eigenvalue weighted by molar-refractivity contribution is -0.139. The summed E-state index contributed by atoms with van der Waals surface area (Å²) in [5.41, 5.74) is 9.47. The number of carbonyl (C=O) groups excluding carboxylic acids is 1. The maximum absolute atomic E-state index is 9.99. The number of carboxylic acids is 2. The van der Waals surface area contributed by atoms with E-state index < -0.39 is 18.0 Å². The molecule has 0 saturated heterocycles. The van der Waals surface area contributed by atoms with Gasteiger partial charge in [0.1, 0.15) is 6.04 Å². The highest BCUT2D eigenvalue weighted by Gasteiger charge is 2.12. The molecule has 0 rings (SSSR count). The van der Waals surface area contributed by atoms with E-state index >= 15 is 0 Å². The number of rotatable bonds is 4. The Labute approximate surface area is 80.7 Å². The molecule has 1 unspecified atom stereocenters. The molecule has 0 spiro atoms. The number of hydrogen-bond acceptors (Lipinski definition) is 4. The number of aliphatic carboxylic acids is 2. The third-order valence-corrected chi connectivity index (χ3v) is 0.986. The van der Waals surface area contributed by atoms with Gasteiger partial charge in [-0.25, -0.2) is 0 Å². The van der Waals surface area contributed by atoms with Crippen LogP contribution < -0.4 is 11.5 Å². The van der Waals surface area contributed by atoms with Crippen LogP contribution in [0.2, 0.25) is 0 Å². The van der Waals surface area contributed by atoms with Crippen LogP contribution in [0.4, 0.5) is 0 Å². The number of nitrogens with two attached hydrogens (primary N) is 2. The van der Waals surface area contributed by atoms with Gasteiger partial charge in [-0.15, -0.1) is 0 Å². The fourth-order valence-electron chi connectivity index (χ4n) is 0.402. The summed E-state index contributed by atoms with van der Waals surface area (Å²) in [6.45, 7) is 1.31. The molecule has 0 aliphatic heterocycles. The summed E-state index contributed by atoms with van der Waals surface area (Å²) < 4.78 is 0. The topological polar surface area (TPSA) is 144 Å². The fourth-order valence-corrected chi connectivity index (χ4v) is 0.402. The molecular weight excluding hydrogens is 192 g/mol. The van der Waals surface area contributed by atoms with Gasteiger partial charge in [0, 0.05) is 13.3 Å². The Kier molecular flexibility index (Phi) is 8.49.